The maximum absolute atomic E-state index is 12.4. The molecule has 0 spiro atoms. The fourth-order valence-electron chi connectivity index (χ4n) is 2.15. The molecule has 4 nitrogen and oxygen atoms in total. The molecule has 0 aromatic carbocycles. The van der Waals surface area contributed by atoms with Crippen molar-refractivity contribution in [3.63, 3.8) is 0 Å². The largest absolute Gasteiger partial charge is 0.390 e. The molecule has 0 aromatic heterocycles. The number of halogens is 2. The number of aliphatic hydroxyl groups excluding tert-OH is 1. The highest BCUT2D eigenvalue weighted by atomic mass is 19.3. The Labute approximate surface area is 107 Å². The minimum Gasteiger partial charge on any atom is -0.390 e. The number of rotatable bonds is 7. The minimum absolute atomic E-state index is 0.0407. The van der Waals surface area contributed by atoms with Crippen molar-refractivity contribution in [2.24, 2.45) is 0 Å². The fourth-order valence-corrected chi connectivity index (χ4v) is 2.15. The van der Waals surface area contributed by atoms with Crippen LogP contribution in [0.25, 0.3) is 0 Å². The zero-order chi connectivity index (χ0) is 13.7. The van der Waals surface area contributed by atoms with Crippen LogP contribution in [0.3, 0.4) is 0 Å². The van der Waals surface area contributed by atoms with Crippen molar-refractivity contribution in [2.75, 3.05) is 26.2 Å². The second-order valence-electron chi connectivity index (χ2n) is 5.04. The van der Waals surface area contributed by atoms with Gasteiger partial charge in [-0.15, -0.1) is 0 Å². The zero-order valence-electron chi connectivity index (χ0n) is 11.0. The van der Waals surface area contributed by atoms with Crippen molar-refractivity contribution in [3.05, 3.63) is 0 Å². The summed E-state index contributed by atoms with van der Waals surface area (Å²) in [6.45, 7) is 4.36. The average molecular weight is 264 g/mol. The van der Waals surface area contributed by atoms with Gasteiger partial charge in [-0.1, -0.05) is 0 Å². The van der Waals surface area contributed by atoms with Crippen LogP contribution in [0.15, 0.2) is 0 Å². The van der Waals surface area contributed by atoms with Crippen molar-refractivity contribution in [1.29, 1.82) is 0 Å². The van der Waals surface area contributed by atoms with Crippen LogP contribution in [0.2, 0.25) is 0 Å². The molecule has 1 atom stereocenters. The van der Waals surface area contributed by atoms with E-state index in [1.807, 2.05) is 13.8 Å². The van der Waals surface area contributed by atoms with Gasteiger partial charge in [-0.2, -0.15) is 0 Å². The van der Waals surface area contributed by atoms with Gasteiger partial charge in [0.25, 0.3) is 6.43 Å². The molecular formula is C12H22F2N2O2. The van der Waals surface area contributed by atoms with Gasteiger partial charge in [0.15, 0.2) is 0 Å². The molecule has 6 heteroatoms. The standard InChI is InChI=1S/C12H22F2N2O2/c1-9(2)16(8-11(13)14)7-10(17)6-15-5-3-4-12(15)18/h9-11,17H,3-8H2,1-2H3. The van der Waals surface area contributed by atoms with E-state index in [1.54, 1.807) is 4.90 Å². The van der Waals surface area contributed by atoms with Crippen LogP contribution in [-0.4, -0.2) is 65.6 Å². The minimum atomic E-state index is -2.41. The number of alkyl halides is 2. The lowest BCUT2D eigenvalue weighted by Crippen LogP contribution is -2.44. The van der Waals surface area contributed by atoms with Gasteiger partial charge in [0.2, 0.25) is 5.91 Å². The zero-order valence-corrected chi connectivity index (χ0v) is 11.0. The van der Waals surface area contributed by atoms with E-state index in [0.717, 1.165) is 6.42 Å². The van der Waals surface area contributed by atoms with Crippen LogP contribution in [0.4, 0.5) is 8.78 Å². The van der Waals surface area contributed by atoms with Crippen LogP contribution in [0, 0.1) is 0 Å². The highest BCUT2D eigenvalue weighted by molar-refractivity contribution is 5.78. The predicted octanol–water partition coefficient (Wildman–Crippen LogP) is 0.945. The lowest BCUT2D eigenvalue weighted by molar-refractivity contribution is -0.129. The van der Waals surface area contributed by atoms with Gasteiger partial charge in [-0.3, -0.25) is 9.69 Å². The lowest BCUT2D eigenvalue weighted by Gasteiger charge is -2.29. The van der Waals surface area contributed by atoms with E-state index in [-0.39, 0.29) is 31.6 Å². The molecule has 106 valence electrons. The number of β-amino-alcohol motifs (C(OH)–C–C–N with tert-alkyl or cyclic N) is 1. The monoisotopic (exact) mass is 264 g/mol. The Balaban J connectivity index is 2.40. The summed E-state index contributed by atoms with van der Waals surface area (Å²) < 4.78 is 24.7. The quantitative estimate of drug-likeness (QED) is 0.744. The predicted molar refractivity (Wildman–Crippen MR) is 64.5 cm³/mol. The first-order chi connectivity index (χ1) is 8.40. The van der Waals surface area contributed by atoms with Gasteiger partial charge in [0.05, 0.1) is 12.6 Å². The molecule has 18 heavy (non-hydrogen) atoms. The van der Waals surface area contributed by atoms with Crippen LogP contribution in [0.5, 0.6) is 0 Å². The van der Waals surface area contributed by atoms with E-state index < -0.39 is 12.5 Å². The molecule has 1 aliphatic rings. The number of likely N-dealkylation sites (tertiary alicyclic amines) is 1. The topological polar surface area (TPSA) is 43.8 Å². The van der Waals surface area contributed by atoms with Crippen molar-refractivity contribution < 1.29 is 18.7 Å². The maximum atomic E-state index is 12.4. The Morgan fingerprint density at radius 1 is 1.39 bits per heavy atom. The number of aliphatic hydroxyl groups is 1. The first-order valence-electron chi connectivity index (χ1n) is 6.38. The molecule has 0 aliphatic carbocycles. The van der Waals surface area contributed by atoms with Gasteiger partial charge in [-0.25, -0.2) is 8.78 Å². The third-order valence-electron chi connectivity index (χ3n) is 3.15. The van der Waals surface area contributed by atoms with Crippen LogP contribution < -0.4 is 0 Å². The number of hydrogen-bond donors (Lipinski definition) is 1. The highest BCUT2D eigenvalue weighted by Gasteiger charge is 2.25. The van der Waals surface area contributed by atoms with E-state index in [9.17, 15) is 18.7 Å². The van der Waals surface area contributed by atoms with Crippen LogP contribution in [-0.2, 0) is 4.79 Å². The summed E-state index contributed by atoms with van der Waals surface area (Å²) in [5.41, 5.74) is 0. The maximum Gasteiger partial charge on any atom is 0.251 e. The Morgan fingerprint density at radius 2 is 2.06 bits per heavy atom. The third kappa shape index (κ3) is 4.86. The number of nitrogens with zero attached hydrogens (tertiary/aromatic N) is 2. The van der Waals surface area contributed by atoms with Crippen LogP contribution in [0.1, 0.15) is 26.7 Å². The molecule has 0 bridgehead atoms. The molecule has 1 amide bonds. The average Bonchev–Trinajstić information content (AvgIpc) is 2.62. The van der Waals surface area contributed by atoms with Crippen molar-refractivity contribution in [1.82, 2.24) is 9.80 Å². The van der Waals surface area contributed by atoms with Gasteiger partial charge < -0.3 is 10.0 Å². The normalized spacial score (nSPS) is 18.4. The summed E-state index contributed by atoms with van der Waals surface area (Å²) in [6.07, 6.45) is -1.84. The van der Waals surface area contributed by atoms with Crippen molar-refractivity contribution in [2.45, 2.75) is 45.3 Å². The molecule has 0 saturated carbocycles. The number of amides is 1. The van der Waals surface area contributed by atoms with Gasteiger partial charge >= 0.3 is 0 Å². The Hall–Kier alpha value is -0.750. The molecule has 0 aromatic rings. The number of carbonyl (C=O) groups is 1. The molecule has 1 fully saturated rings. The first-order valence-corrected chi connectivity index (χ1v) is 6.38. The van der Waals surface area contributed by atoms with E-state index in [0.29, 0.717) is 13.0 Å². The molecule has 0 radical (unpaired) electrons. The molecule has 1 rings (SSSR count). The highest BCUT2D eigenvalue weighted by Crippen LogP contribution is 2.11. The smallest absolute Gasteiger partial charge is 0.251 e. The molecule has 1 unspecified atom stereocenters. The van der Waals surface area contributed by atoms with E-state index in [2.05, 4.69) is 0 Å². The van der Waals surface area contributed by atoms with E-state index >= 15 is 0 Å². The molecule has 1 saturated heterocycles. The van der Waals surface area contributed by atoms with Gasteiger partial charge in [0.1, 0.15) is 0 Å². The summed E-state index contributed by atoms with van der Waals surface area (Å²) in [7, 11) is 0. The lowest BCUT2D eigenvalue weighted by atomic mass is 10.2. The van der Waals surface area contributed by atoms with Gasteiger partial charge in [-0.05, 0) is 20.3 Å². The number of carbonyl (C=O) groups excluding carboxylic acids is 1. The Kier molecular flexibility index (Phi) is 5.95. The Morgan fingerprint density at radius 3 is 2.50 bits per heavy atom. The van der Waals surface area contributed by atoms with Crippen molar-refractivity contribution in [3.8, 4) is 0 Å². The third-order valence-corrected chi connectivity index (χ3v) is 3.15. The molecule has 1 aliphatic heterocycles. The summed E-state index contributed by atoms with van der Waals surface area (Å²) in [6, 6.07) is -0.0528. The van der Waals surface area contributed by atoms with Crippen molar-refractivity contribution >= 4 is 5.91 Å². The van der Waals surface area contributed by atoms with Gasteiger partial charge in [0, 0.05) is 32.1 Å². The number of hydrogen-bond acceptors (Lipinski definition) is 3. The van der Waals surface area contributed by atoms with E-state index in [1.165, 1.54) is 4.90 Å². The SMILES string of the molecule is CC(C)N(CC(F)F)CC(O)CN1CCCC1=O. The fraction of sp³-hybridized carbons (Fsp3) is 0.917. The van der Waals surface area contributed by atoms with E-state index in [4.69, 9.17) is 0 Å². The second-order valence-corrected chi connectivity index (χ2v) is 5.04. The first kappa shape index (κ1) is 15.3. The molecular weight excluding hydrogens is 242 g/mol. The molecule has 1 N–H and O–H groups in total. The summed E-state index contributed by atoms with van der Waals surface area (Å²) in [5.74, 6) is 0.0407. The Bertz CT molecular complexity index is 275. The molecule has 1 heterocycles. The summed E-state index contributed by atoms with van der Waals surface area (Å²) in [4.78, 5) is 14.5. The second kappa shape index (κ2) is 6.99. The summed E-state index contributed by atoms with van der Waals surface area (Å²) in [5, 5.41) is 9.88. The van der Waals surface area contributed by atoms with Crippen LogP contribution >= 0.6 is 0 Å². The summed E-state index contributed by atoms with van der Waals surface area (Å²) >= 11 is 0.